The van der Waals surface area contributed by atoms with Gasteiger partial charge in [0.25, 0.3) is 0 Å². The van der Waals surface area contributed by atoms with E-state index in [1.807, 2.05) is 12.1 Å². The van der Waals surface area contributed by atoms with Crippen LogP contribution in [-0.4, -0.2) is 44.5 Å². The van der Waals surface area contributed by atoms with Gasteiger partial charge in [0.15, 0.2) is 9.84 Å². The second-order valence-electron chi connectivity index (χ2n) is 4.80. The standard InChI is InChI=1S/C13H21N3O2S/c1-2-14-11-12-4-5-15-13(10-12)16-6-3-8-19(17,18)9-7-16/h4-5,10,14H,2-3,6-9,11H2,1H3. The molecule has 19 heavy (non-hydrogen) atoms. The zero-order valence-corrected chi connectivity index (χ0v) is 12.1. The van der Waals surface area contributed by atoms with Crippen molar-refractivity contribution in [2.45, 2.75) is 19.9 Å². The molecule has 5 nitrogen and oxygen atoms in total. The van der Waals surface area contributed by atoms with Gasteiger partial charge in [-0.2, -0.15) is 0 Å². The van der Waals surface area contributed by atoms with Gasteiger partial charge in [0.1, 0.15) is 5.82 Å². The average Bonchev–Trinajstić information content (AvgIpc) is 2.58. The van der Waals surface area contributed by atoms with Crippen LogP contribution in [0.2, 0.25) is 0 Å². The maximum absolute atomic E-state index is 11.6. The van der Waals surface area contributed by atoms with Gasteiger partial charge in [0.05, 0.1) is 11.5 Å². The van der Waals surface area contributed by atoms with E-state index in [2.05, 4.69) is 22.1 Å². The summed E-state index contributed by atoms with van der Waals surface area (Å²) in [5.74, 6) is 1.40. The highest BCUT2D eigenvalue weighted by molar-refractivity contribution is 7.91. The van der Waals surface area contributed by atoms with E-state index in [4.69, 9.17) is 0 Å². The third kappa shape index (κ3) is 4.18. The van der Waals surface area contributed by atoms with Gasteiger partial charge in [0, 0.05) is 25.8 Å². The van der Waals surface area contributed by atoms with Gasteiger partial charge in [-0.1, -0.05) is 6.92 Å². The van der Waals surface area contributed by atoms with E-state index in [0.29, 0.717) is 18.7 Å². The number of anilines is 1. The number of rotatable bonds is 4. The lowest BCUT2D eigenvalue weighted by Crippen LogP contribution is -2.27. The molecule has 0 amide bonds. The van der Waals surface area contributed by atoms with Gasteiger partial charge in [0.2, 0.25) is 0 Å². The van der Waals surface area contributed by atoms with Crippen LogP contribution in [0.4, 0.5) is 5.82 Å². The first-order valence-corrected chi connectivity index (χ1v) is 8.54. The molecule has 0 atom stereocenters. The average molecular weight is 283 g/mol. The molecule has 1 aliphatic heterocycles. The molecule has 1 aromatic heterocycles. The van der Waals surface area contributed by atoms with Crippen LogP contribution >= 0.6 is 0 Å². The zero-order chi connectivity index (χ0) is 13.7. The highest BCUT2D eigenvalue weighted by Crippen LogP contribution is 2.16. The van der Waals surface area contributed by atoms with Crippen LogP contribution in [0.5, 0.6) is 0 Å². The minimum Gasteiger partial charge on any atom is -0.356 e. The Morgan fingerprint density at radius 1 is 1.37 bits per heavy atom. The highest BCUT2D eigenvalue weighted by atomic mass is 32.2. The van der Waals surface area contributed by atoms with E-state index in [-0.39, 0.29) is 5.75 Å². The third-order valence-electron chi connectivity index (χ3n) is 3.27. The molecule has 0 radical (unpaired) electrons. The Morgan fingerprint density at radius 2 is 2.21 bits per heavy atom. The Morgan fingerprint density at radius 3 is 3.00 bits per heavy atom. The first-order valence-electron chi connectivity index (χ1n) is 6.72. The number of hydrogen-bond acceptors (Lipinski definition) is 5. The maximum atomic E-state index is 11.6. The van der Waals surface area contributed by atoms with E-state index in [1.54, 1.807) is 6.20 Å². The summed E-state index contributed by atoms with van der Waals surface area (Å²) < 4.78 is 23.2. The monoisotopic (exact) mass is 283 g/mol. The summed E-state index contributed by atoms with van der Waals surface area (Å²) in [6, 6.07) is 4.03. The highest BCUT2D eigenvalue weighted by Gasteiger charge is 2.19. The van der Waals surface area contributed by atoms with Crippen LogP contribution < -0.4 is 10.2 Å². The molecular weight excluding hydrogens is 262 g/mol. The van der Waals surface area contributed by atoms with Crippen molar-refractivity contribution in [2.75, 3.05) is 36.0 Å². The minimum atomic E-state index is -2.87. The minimum absolute atomic E-state index is 0.228. The van der Waals surface area contributed by atoms with Gasteiger partial charge in [-0.25, -0.2) is 13.4 Å². The molecule has 2 rings (SSSR count). The molecule has 0 aromatic carbocycles. The topological polar surface area (TPSA) is 62.3 Å². The summed E-state index contributed by atoms with van der Waals surface area (Å²) in [5, 5.41) is 3.28. The van der Waals surface area contributed by atoms with Crippen molar-refractivity contribution in [3.63, 3.8) is 0 Å². The summed E-state index contributed by atoms with van der Waals surface area (Å²) in [4.78, 5) is 6.43. The SMILES string of the molecule is CCNCc1ccnc(N2CCCS(=O)(=O)CC2)c1. The second-order valence-corrected chi connectivity index (χ2v) is 7.10. The molecule has 0 aliphatic carbocycles. The smallest absolute Gasteiger partial charge is 0.152 e. The molecule has 6 heteroatoms. The van der Waals surface area contributed by atoms with Crippen molar-refractivity contribution < 1.29 is 8.42 Å². The molecule has 106 valence electrons. The molecule has 0 bridgehead atoms. The summed E-state index contributed by atoms with van der Waals surface area (Å²) in [6.07, 6.45) is 2.48. The molecule has 1 fully saturated rings. The van der Waals surface area contributed by atoms with Crippen LogP contribution in [0, 0.1) is 0 Å². The number of nitrogens with one attached hydrogen (secondary N) is 1. The van der Waals surface area contributed by atoms with Gasteiger partial charge >= 0.3 is 0 Å². The number of sulfone groups is 1. The summed E-state index contributed by atoms with van der Waals surface area (Å²) in [5.41, 5.74) is 1.18. The predicted octanol–water partition coefficient (Wildman–Crippen LogP) is 0.816. The largest absolute Gasteiger partial charge is 0.356 e. The summed E-state index contributed by atoms with van der Waals surface area (Å²) in [6.45, 7) is 5.12. The van der Waals surface area contributed by atoms with E-state index in [1.165, 1.54) is 5.56 Å². The van der Waals surface area contributed by atoms with Crippen molar-refractivity contribution in [1.82, 2.24) is 10.3 Å². The Hall–Kier alpha value is -1.14. The molecule has 0 spiro atoms. The number of aromatic nitrogens is 1. The van der Waals surface area contributed by atoms with Crippen LogP contribution in [0.3, 0.4) is 0 Å². The Bertz CT molecular complexity index is 516. The lowest BCUT2D eigenvalue weighted by molar-refractivity contribution is 0.597. The quantitative estimate of drug-likeness (QED) is 0.886. The fraction of sp³-hybridized carbons (Fsp3) is 0.615. The lowest BCUT2D eigenvalue weighted by Gasteiger charge is -2.21. The molecule has 0 saturated carbocycles. The van der Waals surface area contributed by atoms with Crippen molar-refractivity contribution in [2.24, 2.45) is 0 Å². The number of nitrogens with zero attached hydrogens (tertiary/aromatic N) is 2. The first kappa shape index (κ1) is 14.3. The van der Waals surface area contributed by atoms with E-state index >= 15 is 0 Å². The van der Waals surface area contributed by atoms with Gasteiger partial charge in [-0.15, -0.1) is 0 Å². The van der Waals surface area contributed by atoms with Crippen molar-refractivity contribution in [3.8, 4) is 0 Å². The third-order valence-corrected chi connectivity index (χ3v) is 4.98. The fourth-order valence-electron chi connectivity index (χ4n) is 2.18. The van der Waals surface area contributed by atoms with Gasteiger partial charge < -0.3 is 10.2 Å². The maximum Gasteiger partial charge on any atom is 0.152 e. The molecule has 2 heterocycles. The van der Waals surface area contributed by atoms with Gasteiger partial charge in [-0.3, -0.25) is 0 Å². The first-order chi connectivity index (χ1) is 9.11. The molecular formula is C13H21N3O2S. The molecule has 0 unspecified atom stereocenters. The van der Waals surface area contributed by atoms with Crippen molar-refractivity contribution in [3.05, 3.63) is 23.9 Å². The molecule has 1 aromatic rings. The molecule has 1 N–H and O–H groups in total. The predicted molar refractivity (Wildman–Crippen MR) is 77.1 cm³/mol. The fourth-order valence-corrected chi connectivity index (χ4v) is 3.45. The molecule has 1 saturated heterocycles. The van der Waals surface area contributed by atoms with Crippen LogP contribution in [-0.2, 0) is 16.4 Å². The Kier molecular flexibility index (Phi) is 4.76. The Labute approximate surface area is 114 Å². The Balaban J connectivity index is 2.08. The van der Waals surface area contributed by atoms with E-state index in [0.717, 1.165) is 25.5 Å². The normalized spacial score (nSPS) is 19.1. The summed E-state index contributed by atoms with van der Waals surface area (Å²) >= 11 is 0. The van der Waals surface area contributed by atoms with Crippen LogP contribution in [0.25, 0.3) is 0 Å². The van der Waals surface area contributed by atoms with Crippen LogP contribution in [0.15, 0.2) is 18.3 Å². The second kappa shape index (κ2) is 6.34. The number of hydrogen-bond donors (Lipinski definition) is 1. The van der Waals surface area contributed by atoms with Gasteiger partial charge in [-0.05, 0) is 30.7 Å². The van der Waals surface area contributed by atoms with Crippen molar-refractivity contribution >= 4 is 15.7 Å². The molecule has 1 aliphatic rings. The van der Waals surface area contributed by atoms with Crippen LogP contribution in [0.1, 0.15) is 18.9 Å². The summed E-state index contributed by atoms with van der Waals surface area (Å²) in [7, 11) is -2.87. The number of pyridine rings is 1. The van der Waals surface area contributed by atoms with E-state index in [9.17, 15) is 8.42 Å². The van der Waals surface area contributed by atoms with E-state index < -0.39 is 9.84 Å². The van der Waals surface area contributed by atoms with Crippen molar-refractivity contribution in [1.29, 1.82) is 0 Å². The lowest BCUT2D eigenvalue weighted by atomic mass is 10.2. The zero-order valence-electron chi connectivity index (χ0n) is 11.3.